The van der Waals surface area contributed by atoms with E-state index in [9.17, 15) is 13.2 Å². The molecule has 0 amide bonds. The monoisotopic (exact) mass is 371 g/mol. The summed E-state index contributed by atoms with van der Waals surface area (Å²) in [6, 6.07) is 0.228. The minimum atomic E-state index is -4.50. The van der Waals surface area contributed by atoms with Gasteiger partial charge in [0.2, 0.25) is 0 Å². The van der Waals surface area contributed by atoms with Crippen molar-refractivity contribution in [3.63, 3.8) is 0 Å². The van der Waals surface area contributed by atoms with Gasteiger partial charge in [-0.15, -0.1) is 0 Å². The van der Waals surface area contributed by atoms with E-state index in [1.807, 2.05) is 4.57 Å². The van der Waals surface area contributed by atoms with Crippen LogP contribution in [0.2, 0.25) is 4.71 Å². The number of nitrogens with zero attached hydrogens (tertiary/aromatic N) is 4. The van der Waals surface area contributed by atoms with Crippen LogP contribution in [0.3, 0.4) is 0 Å². The Morgan fingerprint density at radius 2 is 1.82 bits per heavy atom. The summed E-state index contributed by atoms with van der Waals surface area (Å²) in [6.07, 6.45) is 3.58. The van der Waals surface area contributed by atoms with Crippen LogP contribution in [0, 0.1) is 0 Å². The number of fused-ring (bicyclic) bond motifs is 1. The van der Waals surface area contributed by atoms with Gasteiger partial charge in [-0.25, -0.2) is 0 Å². The van der Waals surface area contributed by atoms with Crippen LogP contribution in [-0.4, -0.2) is 35.3 Å². The third-order valence-electron chi connectivity index (χ3n) is 4.23. The molecule has 4 rings (SSSR count). The fraction of sp³-hybridized carbons (Fsp3) is 0.643. The number of imidazole rings is 1. The van der Waals surface area contributed by atoms with Gasteiger partial charge < -0.3 is 0 Å². The van der Waals surface area contributed by atoms with Crippen molar-refractivity contribution in [3.05, 3.63) is 12.2 Å². The first kappa shape index (κ1) is 14.5. The third-order valence-corrected chi connectivity index (χ3v) is 7.24. The van der Waals surface area contributed by atoms with Gasteiger partial charge in [-0.2, -0.15) is 0 Å². The quantitative estimate of drug-likeness (QED) is 0.780. The molecule has 2 saturated carbocycles. The van der Waals surface area contributed by atoms with E-state index < -0.39 is 12.0 Å². The number of hydrogen-bond donors (Lipinski definition) is 0. The van der Waals surface area contributed by atoms with Crippen LogP contribution in [0.15, 0.2) is 6.33 Å². The Morgan fingerprint density at radius 1 is 1.09 bits per heavy atom. The van der Waals surface area contributed by atoms with E-state index in [1.165, 1.54) is 0 Å². The molecule has 2 fully saturated rings. The summed E-state index contributed by atoms with van der Waals surface area (Å²) in [6.45, 7) is 0. The molecule has 0 bridgehead atoms. The van der Waals surface area contributed by atoms with Gasteiger partial charge in [-0.1, -0.05) is 0 Å². The van der Waals surface area contributed by atoms with Gasteiger partial charge in [0.05, 0.1) is 0 Å². The molecule has 22 heavy (non-hydrogen) atoms. The van der Waals surface area contributed by atoms with Crippen molar-refractivity contribution in [3.8, 4) is 0 Å². The summed E-state index contributed by atoms with van der Waals surface area (Å²) in [5.74, 6) is -1.01. The van der Waals surface area contributed by atoms with E-state index in [-0.39, 0.29) is 21.8 Å². The van der Waals surface area contributed by atoms with E-state index in [2.05, 4.69) is 15.0 Å². The Labute approximate surface area is 132 Å². The van der Waals surface area contributed by atoms with Crippen molar-refractivity contribution >= 4 is 31.4 Å². The Bertz CT molecular complexity index is 702. The van der Waals surface area contributed by atoms with E-state index in [0.29, 0.717) is 20.4 Å². The summed E-state index contributed by atoms with van der Waals surface area (Å²) in [4.78, 5) is 12.0. The molecule has 0 atom stereocenters. The fourth-order valence-electron chi connectivity index (χ4n) is 2.94. The van der Waals surface area contributed by atoms with Crippen LogP contribution >= 0.6 is 0 Å². The molecule has 0 spiro atoms. The molecule has 2 aliphatic carbocycles. The normalized spacial score (nSPS) is 20.7. The Morgan fingerprint density at radius 3 is 2.45 bits per heavy atom. The second-order valence-corrected chi connectivity index (χ2v) is 8.95. The second-order valence-electron chi connectivity index (χ2n) is 5.99. The van der Waals surface area contributed by atoms with Crippen LogP contribution in [-0.2, 0) is 6.18 Å². The zero-order chi connectivity index (χ0) is 15.3. The average molecular weight is 371 g/mol. The van der Waals surface area contributed by atoms with Crippen LogP contribution in [0.25, 0.3) is 11.2 Å². The van der Waals surface area contributed by atoms with Gasteiger partial charge in [0.15, 0.2) is 0 Å². The molecule has 8 heteroatoms. The molecule has 0 N–H and O–H groups in total. The predicted molar refractivity (Wildman–Crippen MR) is 76.2 cm³/mol. The molecule has 0 unspecified atom stereocenters. The van der Waals surface area contributed by atoms with E-state index >= 15 is 0 Å². The standard InChI is InChI=1S/C14H15AsF3N4/c16-14(17,18)13-20-11(15-8-5-6-8)10-12(21-13)22(7-19-10)9-3-1-2-4-9/h7-9H,1-6H2. The second kappa shape index (κ2) is 5.22. The summed E-state index contributed by atoms with van der Waals surface area (Å²) in [5.41, 5.74) is 0.965. The Kier molecular flexibility index (Phi) is 3.44. The van der Waals surface area contributed by atoms with E-state index in [0.717, 1.165) is 38.5 Å². The summed E-state index contributed by atoms with van der Waals surface area (Å²) in [5, 5.41) is 0. The van der Waals surface area contributed by atoms with Crippen LogP contribution in [0.4, 0.5) is 13.2 Å². The molecule has 117 valence electrons. The van der Waals surface area contributed by atoms with Crippen molar-refractivity contribution in [1.82, 2.24) is 19.5 Å². The summed E-state index contributed by atoms with van der Waals surface area (Å²) < 4.78 is 42.3. The van der Waals surface area contributed by atoms with Crippen molar-refractivity contribution in [2.75, 3.05) is 0 Å². The predicted octanol–water partition coefficient (Wildman–Crippen LogP) is 2.87. The van der Waals surface area contributed by atoms with Crippen molar-refractivity contribution in [2.45, 2.75) is 55.4 Å². The molecule has 1 radical (unpaired) electrons. The van der Waals surface area contributed by atoms with E-state index in [1.54, 1.807) is 6.33 Å². The molecule has 4 nitrogen and oxygen atoms in total. The molecule has 2 aromatic rings. The van der Waals surface area contributed by atoms with Crippen molar-refractivity contribution < 1.29 is 13.2 Å². The molecule has 0 aliphatic heterocycles. The summed E-state index contributed by atoms with van der Waals surface area (Å²) >= 11 is -0.355. The van der Waals surface area contributed by atoms with Crippen LogP contribution < -0.4 is 4.48 Å². The van der Waals surface area contributed by atoms with Crippen LogP contribution in [0.1, 0.15) is 50.4 Å². The Balaban J connectivity index is 1.85. The number of aromatic nitrogens is 4. The molecule has 0 saturated heterocycles. The first-order valence-electron chi connectivity index (χ1n) is 7.55. The van der Waals surface area contributed by atoms with Gasteiger partial charge in [0.25, 0.3) is 0 Å². The molecule has 2 heterocycles. The number of hydrogen-bond acceptors (Lipinski definition) is 3. The molecular formula is C14H15AsF3N4. The first-order chi connectivity index (χ1) is 10.5. The number of rotatable bonds is 3. The van der Waals surface area contributed by atoms with Gasteiger partial charge in [0, 0.05) is 0 Å². The zero-order valence-corrected chi connectivity index (χ0v) is 13.7. The van der Waals surface area contributed by atoms with Gasteiger partial charge in [-0.05, 0) is 0 Å². The Hall–Kier alpha value is -1.10. The van der Waals surface area contributed by atoms with E-state index in [4.69, 9.17) is 0 Å². The van der Waals surface area contributed by atoms with Crippen molar-refractivity contribution in [2.24, 2.45) is 0 Å². The average Bonchev–Trinajstić information content (AvgIpc) is 2.97. The molecule has 2 aliphatic rings. The zero-order valence-electron chi connectivity index (χ0n) is 11.8. The van der Waals surface area contributed by atoms with Gasteiger partial charge >= 0.3 is 132 Å². The molecular weight excluding hydrogens is 356 g/mol. The van der Waals surface area contributed by atoms with Crippen LogP contribution in [0.5, 0.6) is 0 Å². The third kappa shape index (κ3) is 2.64. The maximum atomic E-state index is 13.1. The molecule has 0 aromatic carbocycles. The van der Waals surface area contributed by atoms with Gasteiger partial charge in [0.1, 0.15) is 0 Å². The summed E-state index contributed by atoms with van der Waals surface area (Å²) in [7, 11) is 0. The van der Waals surface area contributed by atoms with Crippen molar-refractivity contribution in [1.29, 1.82) is 0 Å². The minimum absolute atomic E-state index is 0.228. The maximum absolute atomic E-state index is 13.1. The number of halogens is 3. The molecule has 2 aromatic heterocycles. The SMILES string of the molecule is FC(F)(F)c1nc([As]C2CC2)c2ncn(C3CCCC3)c2n1. The first-order valence-corrected chi connectivity index (χ1v) is 9.57. The fourth-order valence-corrected chi connectivity index (χ4v) is 5.43. The van der Waals surface area contributed by atoms with Gasteiger partial charge in [-0.3, -0.25) is 0 Å². The number of alkyl halides is 3. The topological polar surface area (TPSA) is 43.6 Å².